The maximum Gasteiger partial charge on any atom is 0.289 e. The number of fused-ring (bicyclic) bond motifs is 2. The van der Waals surface area contributed by atoms with Gasteiger partial charge in [0.25, 0.3) is 11.7 Å². The van der Waals surface area contributed by atoms with E-state index in [4.69, 9.17) is 9.47 Å². The lowest BCUT2D eigenvalue weighted by atomic mass is 10.1. The van der Waals surface area contributed by atoms with Gasteiger partial charge in [0.1, 0.15) is 0 Å². The highest BCUT2D eigenvalue weighted by molar-refractivity contribution is 7.91. The zero-order valence-electron chi connectivity index (χ0n) is 11.9. The minimum absolute atomic E-state index is 0.0671. The van der Waals surface area contributed by atoms with Crippen LogP contribution >= 0.6 is 0 Å². The topological polar surface area (TPSA) is 94.6 Å². The fourth-order valence-electron chi connectivity index (χ4n) is 2.75. The van der Waals surface area contributed by atoms with E-state index in [0.717, 1.165) is 0 Å². The predicted molar refractivity (Wildman–Crippen MR) is 78.3 cm³/mol. The summed E-state index contributed by atoms with van der Waals surface area (Å²) < 4.78 is 36.4. The van der Waals surface area contributed by atoms with Gasteiger partial charge in [-0.25, -0.2) is 8.42 Å². The quantitative estimate of drug-likeness (QED) is 0.884. The highest BCUT2D eigenvalue weighted by atomic mass is 32.2. The summed E-state index contributed by atoms with van der Waals surface area (Å²) in [6.07, 6.45) is 2.83. The number of ether oxygens (including phenoxy) is 2. The first kappa shape index (κ1) is 14.3. The molecule has 1 aromatic carbocycles. The first-order chi connectivity index (χ1) is 11.0. The largest absolute Gasteiger partial charge is 0.336 e. The van der Waals surface area contributed by atoms with Gasteiger partial charge in [-0.3, -0.25) is 9.78 Å². The number of amides is 1. The fourth-order valence-corrected chi connectivity index (χ4v) is 4.02. The Labute approximate surface area is 132 Å². The van der Waals surface area contributed by atoms with Crippen molar-refractivity contribution in [2.45, 2.75) is 15.6 Å². The van der Waals surface area contributed by atoms with Gasteiger partial charge in [-0.1, -0.05) is 0 Å². The number of carbonyl (C=O) groups excluding carboxylic acids is 1. The smallest absolute Gasteiger partial charge is 0.289 e. The number of aromatic nitrogens is 1. The standard InChI is InChI=1S/C15H12N2O5S/c18-14-15(21-7-8-22-15)12-9-11(1-2-13(12)17-14)23(19,20)10-3-5-16-6-4-10/h1-6,9H,7-8H2,(H,17,18). The van der Waals surface area contributed by atoms with Crippen molar-refractivity contribution in [1.82, 2.24) is 4.98 Å². The van der Waals surface area contributed by atoms with Gasteiger partial charge in [0.2, 0.25) is 9.84 Å². The van der Waals surface area contributed by atoms with Crippen molar-refractivity contribution in [2.75, 3.05) is 18.5 Å². The number of benzene rings is 1. The van der Waals surface area contributed by atoms with Crippen molar-refractivity contribution in [2.24, 2.45) is 0 Å². The summed E-state index contributed by atoms with van der Waals surface area (Å²) in [6, 6.07) is 7.26. The lowest BCUT2D eigenvalue weighted by Gasteiger charge is -2.19. The molecule has 0 bridgehead atoms. The summed E-state index contributed by atoms with van der Waals surface area (Å²) >= 11 is 0. The van der Waals surface area contributed by atoms with Gasteiger partial charge in [0.15, 0.2) is 0 Å². The zero-order chi connectivity index (χ0) is 16.1. The molecular formula is C15H12N2O5S. The van der Waals surface area contributed by atoms with Crippen LogP contribution in [0.25, 0.3) is 0 Å². The van der Waals surface area contributed by atoms with Crippen LogP contribution in [0.1, 0.15) is 5.56 Å². The Morgan fingerprint density at radius 2 is 1.74 bits per heavy atom. The first-order valence-corrected chi connectivity index (χ1v) is 8.41. The molecule has 1 N–H and O–H groups in total. The van der Waals surface area contributed by atoms with Crippen molar-refractivity contribution in [3.8, 4) is 0 Å². The van der Waals surface area contributed by atoms with Crippen LogP contribution < -0.4 is 5.32 Å². The minimum atomic E-state index is -3.71. The first-order valence-electron chi connectivity index (χ1n) is 6.93. The Morgan fingerprint density at radius 3 is 2.43 bits per heavy atom. The van der Waals surface area contributed by atoms with Crippen LogP contribution in [0.15, 0.2) is 52.5 Å². The van der Waals surface area contributed by atoms with E-state index in [1.807, 2.05) is 0 Å². The van der Waals surface area contributed by atoms with Crippen LogP contribution in [-0.2, 0) is 29.9 Å². The van der Waals surface area contributed by atoms with E-state index >= 15 is 0 Å². The Hall–Kier alpha value is -2.29. The average molecular weight is 332 g/mol. The van der Waals surface area contributed by atoms with Gasteiger partial charge >= 0.3 is 0 Å². The molecule has 4 rings (SSSR count). The molecule has 0 radical (unpaired) electrons. The molecule has 1 fully saturated rings. The predicted octanol–water partition coefficient (Wildman–Crippen LogP) is 1.07. The number of sulfone groups is 1. The molecule has 0 aliphatic carbocycles. The summed E-state index contributed by atoms with van der Waals surface area (Å²) in [4.78, 5) is 16.2. The number of pyridine rings is 1. The van der Waals surface area contributed by atoms with E-state index in [9.17, 15) is 13.2 Å². The van der Waals surface area contributed by atoms with Gasteiger partial charge in [0.05, 0.1) is 28.7 Å². The van der Waals surface area contributed by atoms with Gasteiger partial charge in [-0.05, 0) is 30.3 Å². The monoisotopic (exact) mass is 332 g/mol. The molecule has 0 atom stereocenters. The molecule has 0 unspecified atom stereocenters. The Balaban J connectivity index is 1.86. The summed E-state index contributed by atoms with van der Waals surface area (Å²) in [5.74, 6) is -1.98. The van der Waals surface area contributed by atoms with Crippen LogP contribution in [0, 0.1) is 0 Å². The molecule has 2 aliphatic heterocycles. The third-order valence-electron chi connectivity index (χ3n) is 3.86. The Morgan fingerprint density at radius 1 is 1.04 bits per heavy atom. The summed E-state index contributed by atoms with van der Waals surface area (Å²) in [5, 5.41) is 2.65. The second kappa shape index (κ2) is 4.85. The third kappa shape index (κ3) is 1.99. The highest BCUT2D eigenvalue weighted by Gasteiger charge is 2.52. The number of hydrogen-bond acceptors (Lipinski definition) is 6. The molecule has 118 valence electrons. The number of rotatable bonds is 2. The number of hydrogen-bond donors (Lipinski definition) is 1. The second-order valence-corrected chi connectivity index (χ2v) is 7.11. The summed E-state index contributed by atoms with van der Waals surface area (Å²) in [5.41, 5.74) is 0.876. The molecule has 2 aliphatic rings. The Bertz CT molecular complexity index is 889. The fraction of sp³-hybridized carbons (Fsp3) is 0.200. The van der Waals surface area contributed by atoms with Crippen molar-refractivity contribution >= 4 is 21.4 Å². The van der Waals surface area contributed by atoms with E-state index in [1.54, 1.807) is 6.07 Å². The molecule has 2 aromatic rings. The maximum absolute atomic E-state index is 12.7. The second-order valence-electron chi connectivity index (χ2n) is 5.16. The third-order valence-corrected chi connectivity index (χ3v) is 5.62. The van der Waals surface area contributed by atoms with Crippen LogP contribution in [-0.4, -0.2) is 32.5 Å². The van der Waals surface area contributed by atoms with E-state index in [1.165, 1.54) is 36.7 Å². The average Bonchev–Trinajstić information content (AvgIpc) is 3.16. The molecule has 8 heteroatoms. The van der Waals surface area contributed by atoms with Gasteiger partial charge in [-0.2, -0.15) is 0 Å². The van der Waals surface area contributed by atoms with Crippen LogP contribution in [0.3, 0.4) is 0 Å². The van der Waals surface area contributed by atoms with Gasteiger partial charge in [-0.15, -0.1) is 0 Å². The lowest BCUT2D eigenvalue weighted by Crippen LogP contribution is -2.35. The molecule has 1 spiro atoms. The van der Waals surface area contributed by atoms with Crippen molar-refractivity contribution in [1.29, 1.82) is 0 Å². The molecule has 7 nitrogen and oxygen atoms in total. The molecule has 1 aromatic heterocycles. The molecule has 1 amide bonds. The summed E-state index contributed by atoms with van der Waals surface area (Å²) in [6.45, 7) is 0.544. The molecular weight excluding hydrogens is 320 g/mol. The van der Waals surface area contributed by atoms with Crippen molar-refractivity contribution < 1.29 is 22.7 Å². The molecule has 3 heterocycles. The zero-order valence-corrected chi connectivity index (χ0v) is 12.7. The normalized spacial score (nSPS) is 18.9. The van der Waals surface area contributed by atoms with E-state index in [2.05, 4.69) is 10.3 Å². The molecule has 23 heavy (non-hydrogen) atoms. The van der Waals surface area contributed by atoms with Crippen LogP contribution in [0.5, 0.6) is 0 Å². The SMILES string of the molecule is O=C1Nc2ccc(S(=O)(=O)c3ccncc3)cc2C12OCCO2. The number of nitrogens with zero attached hydrogens (tertiary/aromatic N) is 1. The highest BCUT2D eigenvalue weighted by Crippen LogP contribution is 2.43. The van der Waals surface area contributed by atoms with E-state index in [-0.39, 0.29) is 23.0 Å². The lowest BCUT2D eigenvalue weighted by molar-refractivity contribution is -0.178. The van der Waals surface area contributed by atoms with Crippen LogP contribution in [0.2, 0.25) is 0 Å². The molecule has 1 saturated heterocycles. The maximum atomic E-state index is 12.7. The molecule has 0 saturated carbocycles. The minimum Gasteiger partial charge on any atom is -0.336 e. The summed E-state index contributed by atoms with van der Waals surface area (Å²) in [7, 11) is -3.71. The van der Waals surface area contributed by atoms with Crippen LogP contribution in [0.4, 0.5) is 5.69 Å². The van der Waals surface area contributed by atoms with Crippen molar-refractivity contribution in [3.05, 3.63) is 48.3 Å². The van der Waals surface area contributed by atoms with E-state index < -0.39 is 21.5 Å². The Kier molecular flexibility index (Phi) is 3.02. The van der Waals surface area contributed by atoms with Gasteiger partial charge in [0, 0.05) is 18.0 Å². The van der Waals surface area contributed by atoms with Crippen molar-refractivity contribution in [3.63, 3.8) is 0 Å². The number of carbonyl (C=O) groups is 1. The van der Waals surface area contributed by atoms with E-state index in [0.29, 0.717) is 11.3 Å². The number of nitrogens with one attached hydrogen (secondary N) is 1. The number of anilines is 1. The van der Waals surface area contributed by atoms with Gasteiger partial charge < -0.3 is 14.8 Å².